The average molecular weight is 243 g/mol. The third-order valence-electron chi connectivity index (χ3n) is 3.73. The minimum Gasteiger partial charge on any atom is -0.312 e. The van der Waals surface area contributed by atoms with E-state index in [-0.39, 0.29) is 0 Å². The van der Waals surface area contributed by atoms with Crippen molar-refractivity contribution in [3.63, 3.8) is 0 Å². The van der Waals surface area contributed by atoms with E-state index < -0.39 is 0 Å². The lowest BCUT2D eigenvalue weighted by atomic mass is 10.0. The number of nitrogens with one attached hydrogen (secondary N) is 1. The Morgan fingerprint density at radius 1 is 1.17 bits per heavy atom. The smallest absolute Gasteiger partial charge is 0.0205 e. The van der Waals surface area contributed by atoms with E-state index in [1.807, 2.05) is 0 Å². The van der Waals surface area contributed by atoms with Crippen LogP contribution in [0.5, 0.6) is 0 Å². The van der Waals surface area contributed by atoms with Crippen LogP contribution in [0.15, 0.2) is 35.9 Å². The van der Waals surface area contributed by atoms with Crippen LogP contribution in [0.2, 0.25) is 0 Å². The van der Waals surface area contributed by atoms with E-state index in [9.17, 15) is 0 Å². The second kappa shape index (κ2) is 6.75. The molecular weight excluding hydrogens is 218 g/mol. The minimum atomic E-state index is 0.626. The van der Waals surface area contributed by atoms with Gasteiger partial charge in [0, 0.05) is 6.54 Å². The van der Waals surface area contributed by atoms with Crippen molar-refractivity contribution in [1.29, 1.82) is 0 Å². The molecule has 1 aromatic carbocycles. The van der Waals surface area contributed by atoms with Crippen molar-refractivity contribution < 1.29 is 0 Å². The fourth-order valence-corrected chi connectivity index (χ4v) is 2.47. The van der Waals surface area contributed by atoms with E-state index in [0.717, 1.165) is 13.1 Å². The summed E-state index contributed by atoms with van der Waals surface area (Å²) in [7, 11) is 0. The molecule has 18 heavy (non-hydrogen) atoms. The molecule has 0 radical (unpaired) electrons. The van der Waals surface area contributed by atoms with Crippen molar-refractivity contribution in [2.45, 2.75) is 52.0 Å². The average Bonchev–Trinajstić information content (AvgIpc) is 2.88. The SMILES string of the molecule is CC(C)c1ccc(CNCCC2=CCCC2)cc1. The Balaban J connectivity index is 1.69. The van der Waals surface area contributed by atoms with E-state index in [1.54, 1.807) is 5.57 Å². The number of rotatable bonds is 6. The molecule has 0 aromatic heterocycles. The van der Waals surface area contributed by atoms with E-state index in [2.05, 4.69) is 49.5 Å². The van der Waals surface area contributed by atoms with Gasteiger partial charge in [-0.15, -0.1) is 0 Å². The van der Waals surface area contributed by atoms with Gasteiger partial charge in [0.2, 0.25) is 0 Å². The first-order valence-electron chi connectivity index (χ1n) is 7.23. The second-order valence-corrected chi connectivity index (χ2v) is 5.58. The van der Waals surface area contributed by atoms with Crippen molar-refractivity contribution in [3.8, 4) is 0 Å². The van der Waals surface area contributed by atoms with Gasteiger partial charge in [-0.2, -0.15) is 0 Å². The highest BCUT2D eigenvalue weighted by molar-refractivity contribution is 5.24. The lowest BCUT2D eigenvalue weighted by Crippen LogP contribution is -2.15. The number of allylic oxidation sites excluding steroid dienone is 1. The van der Waals surface area contributed by atoms with Gasteiger partial charge in [0.05, 0.1) is 0 Å². The Hall–Kier alpha value is -1.08. The molecule has 1 aliphatic rings. The first-order valence-corrected chi connectivity index (χ1v) is 7.23. The van der Waals surface area contributed by atoms with Gasteiger partial charge in [0.15, 0.2) is 0 Å². The summed E-state index contributed by atoms with van der Waals surface area (Å²) in [6.07, 6.45) is 7.63. The summed E-state index contributed by atoms with van der Waals surface area (Å²) in [5, 5.41) is 3.54. The summed E-state index contributed by atoms with van der Waals surface area (Å²) in [6.45, 7) is 6.58. The highest BCUT2D eigenvalue weighted by Gasteiger charge is 2.03. The highest BCUT2D eigenvalue weighted by atomic mass is 14.8. The molecule has 1 aliphatic carbocycles. The largest absolute Gasteiger partial charge is 0.312 e. The lowest BCUT2D eigenvalue weighted by molar-refractivity contribution is 0.675. The van der Waals surface area contributed by atoms with E-state index >= 15 is 0 Å². The van der Waals surface area contributed by atoms with Crippen LogP contribution in [0.3, 0.4) is 0 Å². The molecule has 0 heterocycles. The van der Waals surface area contributed by atoms with Crippen molar-refractivity contribution in [3.05, 3.63) is 47.0 Å². The predicted molar refractivity (Wildman–Crippen MR) is 78.8 cm³/mol. The summed E-state index contributed by atoms with van der Waals surface area (Å²) in [6, 6.07) is 9.00. The molecule has 1 aromatic rings. The maximum atomic E-state index is 3.54. The Morgan fingerprint density at radius 2 is 1.94 bits per heavy atom. The van der Waals surface area contributed by atoms with Crippen LogP contribution in [0.1, 0.15) is 56.6 Å². The van der Waals surface area contributed by atoms with Crippen LogP contribution in [-0.4, -0.2) is 6.54 Å². The molecule has 1 N–H and O–H groups in total. The molecule has 0 spiro atoms. The van der Waals surface area contributed by atoms with Crippen molar-refractivity contribution in [2.24, 2.45) is 0 Å². The monoisotopic (exact) mass is 243 g/mol. The van der Waals surface area contributed by atoms with Gasteiger partial charge < -0.3 is 5.32 Å². The number of benzene rings is 1. The molecule has 0 aliphatic heterocycles. The second-order valence-electron chi connectivity index (χ2n) is 5.58. The van der Waals surface area contributed by atoms with Crippen LogP contribution < -0.4 is 5.32 Å². The van der Waals surface area contributed by atoms with E-state index in [1.165, 1.54) is 36.8 Å². The molecular formula is C17H25N. The van der Waals surface area contributed by atoms with Crippen molar-refractivity contribution >= 4 is 0 Å². The van der Waals surface area contributed by atoms with Gasteiger partial charge in [-0.25, -0.2) is 0 Å². The van der Waals surface area contributed by atoms with Gasteiger partial charge >= 0.3 is 0 Å². The van der Waals surface area contributed by atoms with Gasteiger partial charge in [-0.3, -0.25) is 0 Å². The molecule has 1 heteroatoms. The first kappa shape index (κ1) is 13.4. The molecule has 0 fully saturated rings. The fraction of sp³-hybridized carbons (Fsp3) is 0.529. The summed E-state index contributed by atoms with van der Waals surface area (Å²) in [4.78, 5) is 0. The third kappa shape index (κ3) is 3.99. The first-order chi connectivity index (χ1) is 8.75. The Morgan fingerprint density at radius 3 is 2.56 bits per heavy atom. The molecule has 2 rings (SSSR count). The minimum absolute atomic E-state index is 0.626. The highest BCUT2D eigenvalue weighted by Crippen LogP contribution is 2.19. The lowest BCUT2D eigenvalue weighted by Gasteiger charge is -2.08. The number of hydrogen-bond donors (Lipinski definition) is 1. The third-order valence-corrected chi connectivity index (χ3v) is 3.73. The zero-order valence-electron chi connectivity index (χ0n) is 11.7. The Labute approximate surface area is 111 Å². The van der Waals surface area contributed by atoms with Crippen LogP contribution in [0.4, 0.5) is 0 Å². The molecule has 0 saturated heterocycles. The summed E-state index contributed by atoms with van der Waals surface area (Å²) in [5.41, 5.74) is 4.47. The fourth-order valence-electron chi connectivity index (χ4n) is 2.47. The quantitative estimate of drug-likeness (QED) is 0.577. The Bertz CT molecular complexity index is 387. The van der Waals surface area contributed by atoms with Gasteiger partial charge in [-0.05, 0) is 49.3 Å². The van der Waals surface area contributed by atoms with Gasteiger partial charge in [-0.1, -0.05) is 49.8 Å². The van der Waals surface area contributed by atoms with Crippen LogP contribution in [-0.2, 0) is 6.54 Å². The van der Waals surface area contributed by atoms with E-state index in [4.69, 9.17) is 0 Å². The normalized spacial score (nSPS) is 15.2. The topological polar surface area (TPSA) is 12.0 Å². The summed E-state index contributed by atoms with van der Waals surface area (Å²) in [5.74, 6) is 0.626. The van der Waals surface area contributed by atoms with Crippen LogP contribution >= 0.6 is 0 Å². The summed E-state index contributed by atoms with van der Waals surface area (Å²) >= 11 is 0. The zero-order valence-corrected chi connectivity index (χ0v) is 11.7. The van der Waals surface area contributed by atoms with E-state index in [0.29, 0.717) is 5.92 Å². The van der Waals surface area contributed by atoms with Crippen LogP contribution in [0.25, 0.3) is 0 Å². The van der Waals surface area contributed by atoms with Crippen molar-refractivity contribution in [2.75, 3.05) is 6.54 Å². The molecule has 1 nitrogen and oxygen atoms in total. The zero-order chi connectivity index (χ0) is 12.8. The predicted octanol–water partition coefficient (Wildman–Crippen LogP) is 4.40. The number of hydrogen-bond acceptors (Lipinski definition) is 1. The molecule has 0 unspecified atom stereocenters. The van der Waals surface area contributed by atoms with Gasteiger partial charge in [0.25, 0.3) is 0 Å². The summed E-state index contributed by atoms with van der Waals surface area (Å²) < 4.78 is 0. The van der Waals surface area contributed by atoms with Gasteiger partial charge in [0.1, 0.15) is 0 Å². The maximum absolute atomic E-state index is 3.54. The standard InChI is InChI=1S/C17H25N/c1-14(2)17-9-7-16(8-10-17)13-18-12-11-15-5-3-4-6-15/h5,7-10,14,18H,3-4,6,11-13H2,1-2H3. The molecule has 0 bridgehead atoms. The maximum Gasteiger partial charge on any atom is 0.0205 e. The molecule has 0 amide bonds. The molecule has 0 atom stereocenters. The molecule has 0 saturated carbocycles. The van der Waals surface area contributed by atoms with Crippen molar-refractivity contribution in [1.82, 2.24) is 5.32 Å². The van der Waals surface area contributed by atoms with Crippen LogP contribution in [0, 0.1) is 0 Å². The molecule has 98 valence electrons. The Kier molecular flexibility index (Phi) is 5.00.